The molecule has 0 radical (unpaired) electrons. The molecular formula is C7H7BrF2N2O2S. The Bertz CT molecular complexity index is 464. The lowest BCUT2D eigenvalue weighted by atomic mass is 10.2. The molecule has 1 aromatic heterocycles. The van der Waals surface area contributed by atoms with Crippen molar-refractivity contribution < 1.29 is 17.2 Å². The van der Waals surface area contributed by atoms with Gasteiger partial charge in [0.1, 0.15) is 0 Å². The van der Waals surface area contributed by atoms with Gasteiger partial charge in [0.2, 0.25) is 0 Å². The fraction of sp³-hybridized carbons (Fsp3) is 0.286. The van der Waals surface area contributed by atoms with E-state index >= 15 is 0 Å². The van der Waals surface area contributed by atoms with Crippen LogP contribution in [0.4, 0.5) is 8.78 Å². The molecule has 0 aliphatic heterocycles. The third-order valence-corrected chi connectivity index (χ3v) is 3.03. The molecule has 4 nitrogen and oxygen atoms in total. The first kappa shape index (κ1) is 12.5. The third-order valence-electron chi connectivity index (χ3n) is 1.59. The van der Waals surface area contributed by atoms with Crippen molar-refractivity contribution in [1.82, 2.24) is 4.98 Å². The van der Waals surface area contributed by atoms with E-state index in [4.69, 9.17) is 5.14 Å². The van der Waals surface area contributed by atoms with Gasteiger partial charge >= 0.3 is 0 Å². The van der Waals surface area contributed by atoms with Crippen LogP contribution in [0.25, 0.3) is 0 Å². The van der Waals surface area contributed by atoms with E-state index in [0.717, 1.165) is 6.07 Å². The first-order valence-electron chi connectivity index (χ1n) is 3.73. The van der Waals surface area contributed by atoms with Gasteiger partial charge in [0.15, 0.2) is 5.03 Å². The quantitative estimate of drug-likeness (QED) is 0.861. The maximum Gasteiger partial charge on any atom is 0.266 e. The van der Waals surface area contributed by atoms with E-state index in [1.807, 2.05) is 0 Å². The summed E-state index contributed by atoms with van der Waals surface area (Å²) in [7, 11) is -4.22. The normalized spacial score (nSPS) is 12.1. The lowest BCUT2D eigenvalue weighted by Gasteiger charge is -2.06. The average molecular weight is 301 g/mol. The maximum atomic E-state index is 12.4. The zero-order valence-corrected chi connectivity index (χ0v) is 9.72. The summed E-state index contributed by atoms with van der Waals surface area (Å²) in [5.74, 6) is 0. The van der Waals surface area contributed by atoms with E-state index < -0.39 is 27.0 Å². The fourth-order valence-corrected chi connectivity index (χ4v) is 2.00. The molecule has 1 heterocycles. The van der Waals surface area contributed by atoms with Crippen molar-refractivity contribution in [3.8, 4) is 0 Å². The van der Waals surface area contributed by atoms with Crippen molar-refractivity contribution in [3.63, 3.8) is 0 Å². The van der Waals surface area contributed by atoms with Crippen LogP contribution >= 0.6 is 15.9 Å². The Morgan fingerprint density at radius 1 is 1.47 bits per heavy atom. The van der Waals surface area contributed by atoms with Crippen LogP contribution in [0.3, 0.4) is 0 Å². The molecule has 15 heavy (non-hydrogen) atoms. The van der Waals surface area contributed by atoms with Gasteiger partial charge in [-0.2, -0.15) is 0 Å². The molecular weight excluding hydrogens is 294 g/mol. The first-order valence-corrected chi connectivity index (χ1v) is 6.39. The van der Waals surface area contributed by atoms with Gasteiger partial charge in [-0.25, -0.2) is 27.3 Å². The maximum absolute atomic E-state index is 12.4. The van der Waals surface area contributed by atoms with Gasteiger partial charge in [-0.3, -0.25) is 0 Å². The lowest BCUT2D eigenvalue weighted by Crippen LogP contribution is -2.17. The second-order valence-electron chi connectivity index (χ2n) is 2.68. The van der Waals surface area contributed by atoms with E-state index in [1.165, 1.54) is 6.07 Å². The molecule has 84 valence electrons. The summed E-state index contributed by atoms with van der Waals surface area (Å²) in [5.41, 5.74) is -0.356. The second kappa shape index (κ2) is 4.50. The van der Waals surface area contributed by atoms with Crippen LogP contribution in [0.2, 0.25) is 0 Å². The molecule has 0 bridgehead atoms. The van der Waals surface area contributed by atoms with Gasteiger partial charge in [0, 0.05) is 5.33 Å². The predicted octanol–water partition coefficient (Wildman–Crippen LogP) is 1.56. The van der Waals surface area contributed by atoms with Crippen LogP contribution in [0.15, 0.2) is 17.2 Å². The van der Waals surface area contributed by atoms with Crippen molar-refractivity contribution in [2.24, 2.45) is 5.14 Å². The SMILES string of the molecule is NS(=O)(=O)c1nc(CBr)ccc1C(F)F. The summed E-state index contributed by atoms with van der Waals surface area (Å²) in [6.45, 7) is 0. The van der Waals surface area contributed by atoms with E-state index in [1.54, 1.807) is 0 Å². The summed E-state index contributed by atoms with van der Waals surface area (Å²) in [4.78, 5) is 3.54. The molecule has 1 rings (SSSR count). The highest BCUT2D eigenvalue weighted by Gasteiger charge is 2.22. The molecule has 2 N–H and O–H groups in total. The van der Waals surface area contributed by atoms with Crippen molar-refractivity contribution in [2.75, 3.05) is 0 Å². The summed E-state index contributed by atoms with van der Waals surface area (Å²) >= 11 is 3.03. The van der Waals surface area contributed by atoms with Crippen molar-refractivity contribution in [3.05, 3.63) is 23.4 Å². The minimum atomic E-state index is -4.22. The summed E-state index contributed by atoms with van der Waals surface area (Å²) in [6, 6.07) is 2.32. The number of sulfonamides is 1. The number of hydrogen-bond acceptors (Lipinski definition) is 3. The number of nitrogens with zero attached hydrogens (tertiary/aromatic N) is 1. The molecule has 0 spiro atoms. The third kappa shape index (κ3) is 2.93. The monoisotopic (exact) mass is 300 g/mol. The smallest absolute Gasteiger partial charge is 0.239 e. The van der Waals surface area contributed by atoms with Gasteiger partial charge in [0.05, 0.1) is 11.3 Å². The molecule has 0 fully saturated rings. The number of hydrogen-bond donors (Lipinski definition) is 1. The molecule has 0 saturated carbocycles. The molecule has 0 unspecified atom stereocenters. The lowest BCUT2D eigenvalue weighted by molar-refractivity contribution is 0.147. The number of aromatic nitrogens is 1. The number of primary sulfonamides is 1. The molecule has 0 aliphatic rings. The van der Waals surface area contributed by atoms with E-state index in [-0.39, 0.29) is 5.33 Å². The highest BCUT2D eigenvalue weighted by molar-refractivity contribution is 9.08. The Morgan fingerprint density at radius 2 is 2.07 bits per heavy atom. The highest BCUT2D eigenvalue weighted by atomic mass is 79.9. The average Bonchev–Trinajstić information content (AvgIpc) is 2.15. The molecule has 0 amide bonds. The Morgan fingerprint density at radius 3 is 2.47 bits per heavy atom. The number of alkyl halides is 3. The van der Waals surface area contributed by atoms with Gasteiger partial charge in [0.25, 0.3) is 16.4 Å². The molecule has 0 aromatic carbocycles. The molecule has 8 heteroatoms. The topological polar surface area (TPSA) is 73.1 Å². The molecule has 0 aliphatic carbocycles. The van der Waals surface area contributed by atoms with Crippen LogP contribution in [0.5, 0.6) is 0 Å². The van der Waals surface area contributed by atoms with Crippen molar-refractivity contribution in [1.29, 1.82) is 0 Å². The largest absolute Gasteiger partial charge is 0.266 e. The minimum absolute atomic E-state index is 0.263. The molecule has 1 aromatic rings. The van der Waals surface area contributed by atoms with Gasteiger partial charge in [-0.15, -0.1) is 0 Å². The minimum Gasteiger partial charge on any atom is -0.239 e. The van der Waals surface area contributed by atoms with Crippen LogP contribution in [-0.4, -0.2) is 13.4 Å². The summed E-state index contributed by atoms with van der Waals surface area (Å²) < 4.78 is 46.8. The summed E-state index contributed by atoms with van der Waals surface area (Å²) in [6.07, 6.45) is -2.92. The van der Waals surface area contributed by atoms with E-state index in [2.05, 4.69) is 20.9 Å². The number of nitrogens with two attached hydrogens (primary N) is 1. The van der Waals surface area contributed by atoms with Crippen LogP contribution in [-0.2, 0) is 15.4 Å². The van der Waals surface area contributed by atoms with Crippen LogP contribution in [0, 0.1) is 0 Å². The first-order chi connectivity index (χ1) is 6.86. The highest BCUT2D eigenvalue weighted by Crippen LogP contribution is 2.24. The zero-order chi connectivity index (χ0) is 11.6. The number of pyridine rings is 1. The zero-order valence-electron chi connectivity index (χ0n) is 7.32. The van der Waals surface area contributed by atoms with Gasteiger partial charge in [-0.05, 0) is 12.1 Å². The predicted molar refractivity (Wildman–Crippen MR) is 53.2 cm³/mol. The standard InChI is InChI=1S/C7H7BrF2N2O2S/c8-3-4-1-2-5(6(9)10)7(12-4)15(11,13)14/h1-2,6H,3H2,(H2,11,13,14). The van der Waals surface area contributed by atoms with E-state index in [0.29, 0.717) is 5.69 Å². The number of rotatable bonds is 3. The Balaban J connectivity index is 3.43. The number of halogens is 3. The van der Waals surface area contributed by atoms with E-state index in [9.17, 15) is 17.2 Å². The van der Waals surface area contributed by atoms with Gasteiger partial charge < -0.3 is 0 Å². The van der Waals surface area contributed by atoms with Crippen LogP contribution < -0.4 is 5.14 Å². The second-order valence-corrected chi connectivity index (χ2v) is 4.71. The Hall–Kier alpha value is -0.600. The van der Waals surface area contributed by atoms with Crippen molar-refractivity contribution in [2.45, 2.75) is 16.8 Å². The summed E-state index contributed by atoms with van der Waals surface area (Å²) in [5, 5.41) is 4.27. The van der Waals surface area contributed by atoms with Crippen molar-refractivity contribution >= 4 is 26.0 Å². The Labute approximate surface area is 93.7 Å². The fourth-order valence-electron chi connectivity index (χ4n) is 0.958. The van der Waals surface area contributed by atoms with Crippen LogP contribution in [0.1, 0.15) is 17.7 Å². The molecule has 0 saturated heterocycles. The Kier molecular flexibility index (Phi) is 3.74. The van der Waals surface area contributed by atoms with Gasteiger partial charge in [-0.1, -0.05) is 15.9 Å². The molecule has 0 atom stereocenters.